The Morgan fingerprint density at radius 1 is 0.638 bits per heavy atom. The van der Waals surface area contributed by atoms with E-state index in [9.17, 15) is 19.2 Å². The zero-order valence-electron chi connectivity index (χ0n) is 39.1. The van der Waals surface area contributed by atoms with Gasteiger partial charge in [-0.3, -0.25) is 19.2 Å². The van der Waals surface area contributed by atoms with Crippen molar-refractivity contribution in [3.05, 3.63) is 149 Å². The molecule has 2 aromatic heterocycles. The zero-order chi connectivity index (χ0) is 49.8. The molecule has 0 radical (unpaired) electrons. The lowest BCUT2D eigenvalue weighted by Crippen LogP contribution is -2.21. The summed E-state index contributed by atoms with van der Waals surface area (Å²) in [6.45, 7) is 16.2. The topological polar surface area (TPSA) is 231 Å². The molecular weight excluding hydrogens is 900 g/mol. The predicted octanol–water partition coefficient (Wildman–Crippen LogP) is 8.71. The highest BCUT2D eigenvalue weighted by Gasteiger charge is 2.24. The molecule has 6 aromatic rings. The van der Waals surface area contributed by atoms with Gasteiger partial charge in [-0.15, -0.1) is 0 Å². The number of carbonyl (C=O) groups excluding carboxylic acids is 4. The molecule has 4 heterocycles. The maximum atomic E-state index is 11.8. The summed E-state index contributed by atoms with van der Waals surface area (Å²) in [6, 6.07) is 22.3. The van der Waals surface area contributed by atoms with Crippen molar-refractivity contribution in [1.82, 2.24) is 29.7 Å². The van der Waals surface area contributed by atoms with Gasteiger partial charge in [-0.2, -0.15) is 4.98 Å². The first kappa shape index (κ1) is 49.9. The molecule has 19 heteroatoms. The predicted molar refractivity (Wildman–Crippen MR) is 269 cm³/mol. The fourth-order valence-electron chi connectivity index (χ4n) is 7.07. The van der Waals surface area contributed by atoms with Crippen molar-refractivity contribution in [3.8, 4) is 11.5 Å². The van der Waals surface area contributed by atoms with E-state index in [1.165, 1.54) is 12.2 Å². The Labute approximate surface area is 405 Å². The standard InChI is InChI=1S/C25H26N6O3.C14H13ClN4O.C11H14N2O2/c1-5-23(33)27-19-7-6-8-20(11-19)28-24-15(2)12-26-25(30-24)29-21-9-17-13-31(16(3)32)14-18(17)10-22(21)34-4;1-3-12(20)17-10-5-4-6-11(7-10)18-13-9(2)8-16-14(15)19-13;1-7(14)13-5-8-3-10(12)11(15-2)4-9(8)6-13/h5-12H,1,13-14H2,2-4H3,(H,27,33)(H2,26,28,29,30);3-8H,1H2,2H3,(H,17,20)(H,16,18,19);3-4H,5-6,12H2,1-2H3. The number of nitrogens with zero attached hydrogens (tertiary/aromatic N) is 6. The second-order valence-corrected chi connectivity index (χ2v) is 16.1. The van der Waals surface area contributed by atoms with Crippen LogP contribution in [0.1, 0.15) is 47.2 Å². The Balaban J connectivity index is 0.000000188. The van der Waals surface area contributed by atoms with E-state index in [1.807, 2.05) is 62.4 Å². The van der Waals surface area contributed by atoms with Gasteiger partial charge in [0.15, 0.2) is 0 Å². The highest BCUT2D eigenvalue weighted by Crippen LogP contribution is 2.36. The Kier molecular flexibility index (Phi) is 16.5. The third kappa shape index (κ3) is 13.3. The van der Waals surface area contributed by atoms with Crippen molar-refractivity contribution >= 4 is 86.9 Å². The maximum absolute atomic E-state index is 11.8. The van der Waals surface area contributed by atoms with Crippen LogP contribution in [-0.4, -0.2) is 67.6 Å². The van der Waals surface area contributed by atoms with E-state index in [0.29, 0.717) is 72.3 Å². The van der Waals surface area contributed by atoms with Gasteiger partial charge in [0.2, 0.25) is 34.9 Å². The Morgan fingerprint density at radius 2 is 1.09 bits per heavy atom. The van der Waals surface area contributed by atoms with Crippen LogP contribution in [0.15, 0.2) is 111 Å². The summed E-state index contributed by atoms with van der Waals surface area (Å²) < 4.78 is 10.7. The van der Waals surface area contributed by atoms with Crippen LogP contribution in [0, 0.1) is 13.8 Å². The minimum atomic E-state index is -0.281. The molecule has 0 bridgehead atoms. The highest BCUT2D eigenvalue weighted by molar-refractivity contribution is 6.28. The third-order valence-electron chi connectivity index (χ3n) is 10.7. The van der Waals surface area contributed by atoms with Crippen LogP contribution in [0.4, 0.5) is 51.7 Å². The number of hydrogen-bond donors (Lipinski definition) is 6. The van der Waals surface area contributed by atoms with Crippen molar-refractivity contribution in [2.45, 2.75) is 53.9 Å². The largest absolute Gasteiger partial charge is 0.495 e. The number of benzene rings is 4. The number of hydrogen-bond acceptors (Lipinski definition) is 14. The van der Waals surface area contributed by atoms with Gasteiger partial charge >= 0.3 is 0 Å². The number of anilines is 9. The minimum absolute atomic E-state index is 0.0374. The maximum Gasteiger partial charge on any atom is 0.247 e. The van der Waals surface area contributed by atoms with Crippen LogP contribution < -0.4 is 41.8 Å². The van der Waals surface area contributed by atoms with Gasteiger partial charge in [-0.25, -0.2) is 15.0 Å². The Morgan fingerprint density at radius 3 is 1.58 bits per heavy atom. The van der Waals surface area contributed by atoms with E-state index in [0.717, 1.165) is 50.4 Å². The molecule has 4 amide bonds. The summed E-state index contributed by atoms with van der Waals surface area (Å²) in [5, 5.41) is 15.2. The van der Waals surface area contributed by atoms with Crippen molar-refractivity contribution < 1.29 is 28.7 Å². The highest BCUT2D eigenvalue weighted by atomic mass is 35.5. The molecule has 0 aliphatic carbocycles. The number of nitrogens with one attached hydrogen (secondary N) is 5. The molecule has 356 valence electrons. The number of amides is 4. The van der Waals surface area contributed by atoms with E-state index in [1.54, 1.807) is 74.5 Å². The molecular formula is C50H53ClN12O6. The van der Waals surface area contributed by atoms with E-state index in [4.69, 9.17) is 26.8 Å². The molecule has 2 aliphatic heterocycles. The number of rotatable bonds is 12. The van der Waals surface area contributed by atoms with Crippen molar-refractivity contribution in [2.24, 2.45) is 0 Å². The van der Waals surface area contributed by atoms with Crippen molar-refractivity contribution in [1.29, 1.82) is 0 Å². The van der Waals surface area contributed by atoms with E-state index in [2.05, 4.69) is 59.7 Å². The van der Waals surface area contributed by atoms with Gasteiger partial charge in [0.1, 0.15) is 23.1 Å². The summed E-state index contributed by atoms with van der Waals surface area (Å²) in [4.78, 5) is 66.5. The number of ether oxygens (including phenoxy) is 2. The molecule has 0 atom stereocenters. The van der Waals surface area contributed by atoms with Gasteiger partial charge in [0, 0.05) is 86.3 Å². The molecule has 0 saturated heterocycles. The first-order valence-corrected chi connectivity index (χ1v) is 21.8. The van der Waals surface area contributed by atoms with Gasteiger partial charge in [-0.05, 0) is 121 Å². The molecule has 2 aliphatic rings. The molecule has 18 nitrogen and oxygen atoms in total. The number of aromatic nitrogens is 4. The summed E-state index contributed by atoms with van der Waals surface area (Å²) >= 11 is 5.77. The van der Waals surface area contributed by atoms with Crippen LogP contribution in [0.25, 0.3) is 0 Å². The lowest BCUT2D eigenvalue weighted by molar-refractivity contribution is -0.130. The SMILES string of the molecule is C=CC(=O)Nc1cccc(Nc2nc(Cl)ncc2C)c1.C=CC(=O)Nc1cccc(Nc2nc(Nc3cc4c(cc3OC)CN(C(C)=O)C4)ncc2C)c1.COc1cc2c(cc1N)CN(C(C)=O)C2. The van der Waals surface area contributed by atoms with Gasteiger partial charge in [0.25, 0.3) is 0 Å². The quantitative estimate of drug-likeness (QED) is 0.0383. The van der Waals surface area contributed by atoms with Gasteiger partial charge in [0.05, 0.1) is 25.6 Å². The number of nitrogen functional groups attached to an aromatic ring is 1. The average Bonchev–Trinajstić information content (AvgIpc) is 3.95. The molecule has 7 N–H and O–H groups in total. The van der Waals surface area contributed by atoms with Crippen molar-refractivity contribution in [2.75, 3.05) is 46.5 Å². The lowest BCUT2D eigenvalue weighted by Gasteiger charge is -2.14. The number of aryl methyl sites for hydroxylation is 2. The summed E-state index contributed by atoms with van der Waals surface area (Å²) in [7, 11) is 3.20. The molecule has 0 fully saturated rings. The molecule has 0 unspecified atom stereocenters. The minimum Gasteiger partial charge on any atom is -0.495 e. The number of nitrogens with two attached hydrogens (primary N) is 1. The monoisotopic (exact) mass is 952 g/mol. The summed E-state index contributed by atoms with van der Waals surface area (Å²) in [5.41, 5.74) is 16.1. The van der Waals surface area contributed by atoms with Crippen LogP contribution in [0.3, 0.4) is 0 Å². The first-order valence-electron chi connectivity index (χ1n) is 21.4. The normalized spacial score (nSPS) is 11.8. The number of carbonyl (C=O) groups is 4. The zero-order valence-corrected chi connectivity index (χ0v) is 39.8. The molecule has 0 spiro atoms. The summed E-state index contributed by atoms with van der Waals surface area (Å²) in [5.74, 6) is 2.54. The third-order valence-corrected chi connectivity index (χ3v) is 10.9. The van der Waals surface area contributed by atoms with Crippen molar-refractivity contribution in [3.63, 3.8) is 0 Å². The fraction of sp³-hybridized carbons (Fsp3) is 0.200. The first-order chi connectivity index (χ1) is 33.0. The van der Waals surface area contributed by atoms with E-state index < -0.39 is 0 Å². The second kappa shape index (κ2) is 22.8. The van der Waals surface area contributed by atoms with Gasteiger partial charge in [-0.1, -0.05) is 25.3 Å². The van der Waals surface area contributed by atoms with Crippen LogP contribution in [0.5, 0.6) is 11.5 Å². The molecule has 8 rings (SSSR count). The van der Waals surface area contributed by atoms with E-state index in [-0.39, 0.29) is 28.9 Å². The number of halogens is 1. The number of fused-ring (bicyclic) bond motifs is 2. The summed E-state index contributed by atoms with van der Waals surface area (Å²) in [6.07, 6.45) is 5.80. The smallest absolute Gasteiger partial charge is 0.247 e. The van der Waals surface area contributed by atoms with Crippen LogP contribution >= 0.6 is 11.6 Å². The average molecular weight is 954 g/mol. The molecule has 69 heavy (non-hydrogen) atoms. The number of methoxy groups -OCH3 is 2. The van der Waals surface area contributed by atoms with Crippen LogP contribution in [-0.2, 0) is 45.4 Å². The lowest BCUT2D eigenvalue weighted by atomic mass is 10.1. The van der Waals surface area contributed by atoms with E-state index >= 15 is 0 Å². The fourth-order valence-corrected chi connectivity index (χ4v) is 7.20. The van der Waals surface area contributed by atoms with Gasteiger partial charge < -0.3 is 51.6 Å². The van der Waals surface area contributed by atoms with Crippen LogP contribution in [0.2, 0.25) is 5.28 Å². The second-order valence-electron chi connectivity index (χ2n) is 15.8. The Hall–Kier alpha value is -8.51. The Bertz CT molecular complexity index is 2930. The molecule has 4 aromatic carbocycles. The molecule has 0 saturated carbocycles.